The van der Waals surface area contributed by atoms with Gasteiger partial charge in [-0.2, -0.15) is 16.8 Å². The summed E-state index contributed by atoms with van der Waals surface area (Å²) in [5, 5.41) is 8.69. The number of carboxylic acid groups (broad SMARTS) is 1. The minimum absolute atomic E-state index is 0.0733. The first-order valence-corrected chi connectivity index (χ1v) is 29.3. The van der Waals surface area contributed by atoms with Gasteiger partial charge in [-0.25, -0.2) is 4.21 Å². The molecular formula is C51H78N2O19S3. The second kappa shape index (κ2) is 32.1. The van der Waals surface area contributed by atoms with E-state index in [1.807, 2.05) is 53.2 Å². The lowest BCUT2D eigenvalue weighted by Crippen LogP contribution is -2.31. The third-order valence-corrected chi connectivity index (χ3v) is 14.4. The molecule has 0 radical (unpaired) electrons. The molecule has 0 aromatic heterocycles. The van der Waals surface area contributed by atoms with Crippen LogP contribution in [0.3, 0.4) is 0 Å². The molecule has 0 saturated heterocycles. The summed E-state index contributed by atoms with van der Waals surface area (Å²) >= 11 is -2.31. The maximum atomic E-state index is 12.4. The van der Waals surface area contributed by atoms with Gasteiger partial charge in [0.1, 0.15) is 11.9 Å². The molecule has 2 aromatic carbocycles. The smallest absolute Gasteiger partial charge is 0.305 e. The largest absolute Gasteiger partial charge is 0.482 e. The third kappa shape index (κ3) is 22.9. The standard InChI is InChI=1S/C51H78N2O19S3/c1-50(2,3)44-38-41(72-47-37-40(11-13-43(44)47)52(17-8-36-75(61,62)63)18-21-66-26-29-70-32-31-68-24-23-64-5)9-6-10-48-51(4,16-7-35-74(58,59)60)45-39-42(73(56)57)12-14-46(45)53(48)19-22-67-27-30-71-34-33-69-28-25-65-20-15-49(54)55/h6,9-14,37-39,41H,7-8,15-36H2,1-5H3,(H,54,55)(H,56,57)(H,58,59,60)(H,61,62,63)/b9-6+,48-10+. The first kappa shape index (κ1) is 63.7. The molecule has 24 heteroatoms. The Hall–Kier alpha value is -3.86. The highest BCUT2D eigenvalue weighted by Crippen LogP contribution is 2.51. The first-order chi connectivity index (χ1) is 35.6. The number of hydrogen-bond acceptors (Lipinski definition) is 17. The van der Waals surface area contributed by atoms with E-state index in [2.05, 4.69) is 26.8 Å². The van der Waals surface area contributed by atoms with Crippen LogP contribution in [0, 0.1) is 5.41 Å². The summed E-state index contributed by atoms with van der Waals surface area (Å²) in [6, 6.07) is 10.8. The maximum absolute atomic E-state index is 12.4. The second-order valence-electron chi connectivity index (χ2n) is 18.9. The number of allylic oxidation sites excluding steroid dienone is 4. The quantitative estimate of drug-likeness (QED) is 0.0357. The number of fused-ring (bicyclic) bond motifs is 2. The van der Waals surface area contributed by atoms with Crippen LogP contribution in [0.2, 0.25) is 0 Å². The Balaban J connectivity index is 1.54. The molecule has 21 nitrogen and oxygen atoms in total. The fourth-order valence-corrected chi connectivity index (χ4v) is 9.87. The zero-order valence-corrected chi connectivity index (χ0v) is 46.3. The van der Waals surface area contributed by atoms with Crippen LogP contribution in [-0.4, -0.2) is 189 Å². The van der Waals surface area contributed by atoms with Crippen molar-refractivity contribution in [3.05, 3.63) is 77.5 Å². The first-order valence-electron chi connectivity index (χ1n) is 25.0. The molecule has 3 atom stereocenters. The summed E-state index contributed by atoms with van der Waals surface area (Å²) in [6.07, 6.45) is 7.63. The van der Waals surface area contributed by atoms with E-state index in [4.69, 9.17) is 47.7 Å². The monoisotopic (exact) mass is 1120 g/mol. The lowest BCUT2D eigenvalue weighted by atomic mass is 9.77. The van der Waals surface area contributed by atoms with Crippen molar-refractivity contribution >= 4 is 54.2 Å². The van der Waals surface area contributed by atoms with Crippen LogP contribution in [0.5, 0.6) is 5.75 Å². The van der Waals surface area contributed by atoms with Gasteiger partial charge in [-0.05, 0) is 91.3 Å². The summed E-state index contributed by atoms with van der Waals surface area (Å²) in [5.74, 6) is -1.21. The minimum Gasteiger partial charge on any atom is -0.482 e. The summed E-state index contributed by atoms with van der Waals surface area (Å²) < 4.78 is 140. The number of rotatable bonds is 39. The third-order valence-electron chi connectivity index (χ3n) is 12.1. The van der Waals surface area contributed by atoms with E-state index in [9.17, 15) is 39.5 Å². The average Bonchev–Trinajstić information content (AvgIpc) is 3.56. The number of ether oxygens (including phenoxy) is 9. The molecule has 75 heavy (non-hydrogen) atoms. The van der Waals surface area contributed by atoms with Gasteiger partial charge in [0.05, 0.1) is 122 Å². The van der Waals surface area contributed by atoms with Crippen LogP contribution in [0.4, 0.5) is 11.4 Å². The molecule has 4 rings (SSSR count). The molecule has 0 amide bonds. The summed E-state index contributed by atoms with van der Waals surface area (Å²) in [6.45, 7) is 14.3. The fraction of sp³-hybridized carbons (Fsp3) is 0.627. The Bertz CT molecular complexity index is 2430. The predicted octanol–water partition coefficient (Wildman–Crippen LogP) is 5.67. The van der Waals surface area contributed by atoms with Gasteiger partial charge >= 0.3 is 5.97 Å². The summed E-state index contributed by atoms with van der Waals surface area (Å²) in [4.78, 5) is 14.8. The summed E-state index contributed by atoms with van der Waals surface area (Å²) in [7, 11) is -6.88. The lowest BCUT2D eigenvalue weighted by Gasteiger charge is -2.33. The van der Waals surface area contributed by atoms with E-state index in [1.54, 1.807) is 25.3 Å². The highest BCUT2D eigenvalue weighted by Gasteiger charge is 2.43. The topological polar surface area (TPSA) is 273 Å². The van der Waals surface area contributed by atoms with E-state index in [1.165, 1.54) is 0 Å². The van der Waals surface area contributed by atoms with Gasteiger partial charge in [0.2, 0.25) is 0 Å². The van der Waals surface area contributed by atoms with E-state index in [-0.39, 0.29) is 62.4 Å². The number of nitrogens with zero attached hydrogens (tertiary/aromatic N) is 2. The van der Waals surface area contributed by atoms with Crippen LogP contribution in [0.25, 0.3) is 5.57 Å². The molecule has 2 aliphatic rings. The normalized spacial score (nSPS) is 17.8. The molecule has 2 aliphatic heterocycles. The molecule has 4 N–H and O–H groups in total. The Labute approximate surface area is 445 Å². The molecule has 0 bridgehead atoms. The van der Waals surface area contributed by atoms with E-state index >= 15 is 0 Å². The van der Waals surface area contributed by atoms with E-state index < -0.39 is 60.3 Å². The molecule has 0 aliphatic carbocycles. The Kier molecular flexibility index (Phi) is 27.3. The van der Waals surface area contributed by atoms with Gasteiger partial charge in [0, 0.05) is 60.9 Å². The number of benzene rings is 2. The van der Waals surface area contributed by atoms with Crippen molar-refractivity contribution in [3.8, 4) is 5.75 Å². The number of methoxy groups -OCH3 is 1. The number of aliphatic carboxylic acids is 1. The van der Waals surface area contributed by atoms with Gasteiger partial charge in [0.15, 0.2) is 11.1 Å². The highest BCUT2D eigenvalue weighted by atomic mass is 32.2. The molecular weight excluding hydrogens is 1040 g/mol. The Morgan fingerprint density at radius 1 is 0.773 bits per heavy atom. The highest BCUT2D eigenvalue weighted by molar-refractivity contribution is 7.86. The second-order valence-corrected chi connectivity index (χ2v) is 23.0. The van der Waals surface area contributed by atoms with Crippen LogP contribution in [-0.2, 0) is 79.4 Å². The van der Waals surface area contributed by atoms with Crippen molar-refractivity contribution in [2.75, 3.05) is 147 Å². The number of carbonyl (C=O) groups is 1. The van der Waals surface area contributed by atoms with Crippen molar-refractivity contribution in [3.63, 3.8) is 0 Å². The van der Waals surface area contributed by atoms with Crippen LogP contribution in [0.15, 0.2) is 71.3 Å². The van der Waals surface area contributed by atoms with Crippen LogP contribution >= 0.6 is 0 Å². The number of carboxylic acids is 1. The van der Waals surface area contributed by atoms with Crippen molar-refractivity contribution in [1.29, 1.82) is 0 Å². The zero-order valence-electron chi connectivity index (χ0n) is 43.9. The van der Waals surface area contributed by atoms with Crippen LogP contribution in [0.1, 0.15) is 64.5 Å². The maximum Gasteiger partial charge on any atom is 0.305 e. The molecule has 2 heterocycles. The van der Waals surface area contributed by atoms with Gasteiger partial charge in [-0.1, -0.05) is 26.8 Å². The van der Waals surface area contributed by atoms with Crippen LogP contribution < -0.4 is 14.5 Å². The Morgan fingerprint density at radius 3 is 1.89 bits per heavy atom. The molecule has 0 spiro atoms. The molecule has 2 aromatic rings. The molecule has 0 saturated carbocycles. The van der Waals surface area contributed by atoms with Crippen molar-refractivity contribution in [2.24, 2.45) is 5.41 Å². The summed E-state index contributed by atoms with van der Waals surface area (Å²) in [5.41, 5.74) is 3.69. The van der Waals surface area contributed by atoms with E-state index in [0.29, 0.717) is 104 Å². The fourth-order valence-electron chi connectivity index (χ4n) is 8.46. The van der Waals surface area contributed by atoms with Crippen molar-refractivity contribution in [1.82, 2.24) is 0 Å². The number of anilines is 2. The number of hydrogen-bond donors (Lipinski definition) is 4. The van der Waals surface area contributed by atoms with Gasteiger partial charge in [0.25, 0.3) is 20.2 Å². The van der Waals surface area contributed by atoms with E-state index in [0.717, 1.165) is 28.2 Å². The zero-order chi connectivity index (χ0) is 54.9. The molecule has 0 fully saturated rings. The molecule has 3 unspecified atom stereocenters. The lowest BCUT2D eigenvalue weighted by molar-refractivity contribution is -0.138. The minimum atomic E-state index is -4.29. The average molecular weight is 1120 g/mol. The Morgan fingerprint density at radius 2 is 1.33 bits per heavy atom. The molecule has 424 valence electrons. The van der Waals surface area contributed by atoms with Crippen molar-refractivity contribution in [2.45, 2.75) is 69.8 Å². The van der Waals surface area contributed by atoms with Gasteiger partial charge in [-0.15, -0.1) is 0 Å². The van der Waals surface area contributed by atoms with Gasteiger partial charge in [-0.3, -0.25) is 13.9 Å². The SMILES string of the molecule is COCCOCCOCCOCCN(CCCS(=O)(=O)O)c1ccc2c(c1)OC(/C=C/C=C1/N(CCOCCOCCOCCOCCC(=O)O)c3ccc(S(=O)O)cc3C1(C)CCCS(=O)(=O)O)C=C2C(C)(C)C. The predicted molar refractivity (Wildman–Crippen MR) is 284 cm³/mol. The van der Waals surface area contributed by atoms with Gasteiger partial charge < -0.3 is 62.1 Å². The van der Waals surface area contributed by atoms with Crippen molar-refractivity contribution < 1.29 is 87.2 Å².